The third kappa shape index (κ3) is 4.58. The molecule has 26 heavy (non-hydrogen) atoms. The number of aromatic nitrogens is 1. The third-order valence-corrected chi connectivity index (χ3v) is 4.57. The first-order valence-corrected chi connectivity index (χ1v) is 8.83. The zero-order chi connectivity index (χ0) is 18.5. The van der Waals surface area contributed by atoms with Crippen molar-refractivity contribution in [1.82, 2.24) is 9.88 Å². The summed E-state index contributed by atoms with van der Waals surface area (Å²) in [7, 11) is 1.54. The van der Waals surface area contributed by atoms with Crippen LogP contribution in [0.4, 0.5) is 15.8 Å². The zero-order valence-electron chi connectivity index (χ0n) is 15.2. The number of piperidine rings is 1. The molecule has 6 heteroatoms. The number of hydrogen-bond acceptors (Lipinski definition) is 4. The van der Waals surface area contributed by atoms with Gasteiger partial charge in [-0.25, -0.2) is 4.39 Å². The van der Waals surface area contributed by atoms with Gasteiger partial charge in [0.25, 0.3) is 0 Å². The summed E-state index contributed by atoms with van der Waals surface area (Å²) in [5.74, 6) is -0.0297. The van der Waals surface area contributed by atoms with E-state index in [1.165, 1.54) is 19.2 Å². The number of carbonyl (C=O) groups excluding carboxylic acids is 1. The number of nitrogens with zero attached hydrogens (tertiary/aromatic N) is 2. The molecule has 2 aromatic rings. The highest BCUT2D eigenvalue weighted by Gasteiger charge is 2.25. The molecule has 1 amide bonds. The van der Waals surface area contributed by atoms with Crippen molar-refractivity contribution in [3.8, 4) is 0 Å². The second-order valence-corrected chi connectivity index (χ2v) is 6.67. The number of nitrogens with one attached hydrogen (secondary N) is 1. The number of hydrogen-bond donors (Lipinski definition) is 1. The number of likely N-dealkylation sites (tertiary alicyclic amines) is 1. The lowest BCUT2D eigenvalue weighted by atomic mass is 9.93. The Morgan fingerprint density at radius 2 is 2.08 bits per heavy atom. The summed E-state index contributed by atoms with van der Waals surface area (Å²) >= 11 is 0. The molecule has 0 spiro atoms. The minimum absolute atomic E-state index is 0.0227. The third-order valence-electron chi connectivity index (χ3n) is 4.57. The number of aryl methyl sites for hydroxylation is 1. The van der Waals surface area contributed by atoms with Crippen LogP contribution in [-0.2, 0) is 9.53 Å². The maximum absolute atomic E-state index is 13.1. The molecule has 3 rings (SSSR count). The number of halogens is 1. The Hall–Kier alpha value is -2.47. The lowest BCUT2D eigenvalue weighted by molar-refractivity contribution is -0.136. The molecule has 1 aliphatic rings. The van der Waals surface area contributed by atoms with Crippen LogP contribution < -0.4 is 5.32 Å². The van der Waals surface area contributed by atoms with E-state index in [4.69, 9.17) is 4.74 Å². The van der Waals surface area contributed by atoms with Gasteiger partial charge >= 0.3 is 0 Å². The Bertz CT molecular complexity index is 764. The Morgan fingerprint density at radius 1 is 1.31 bits per heavy atom. The molecule has 2 heterocycles. The highest BCUT2D eigenvalue weighted by molar-refractivity contribution is 5.77. The second kappa shape index (κ2) is 8.27. The molecule has 1 aromatic heterocycles. The van der Waals surface area contributed by atoms with Crippen LogP contribution in [0.1, 0.15) is 30.1 Å². The van der Waals surface area contributed by atoms with Gasteiger partial charge in [0.1, 0.15) is 12.4 Å². The number of benzene rings is 1. The molecule has 5 nitrogen and oxygen atoms in total. The monoisotopic (exact) mass is 357 g/mol. The molecule has 1 aromatic carbocycles. The summed E-state index contributed by atoms with van der Waals surface area (Å²) < 4.78 is 18.0. The molecular weight excluding hydrogens is 333 g/mol. The fourth-order valence-corrected chi connectivity index (χ4v) is 3.34. The molecule has 0 bridgehead atoms. The van der Waals surface area contributed by atoms with Crippen molar-refractivity contribution in [2.45, 2.75) is 25.7 Å². The maximum Gasteiger partial charge on any atom is 0.248 e. The van der Waals surface area contributed by atoms with E-state index in [0.717, 1.165) is 42.1 Å². The summed E-state index contributed by atoms with van der Waals surface area (Å²) in [5, 5.41) is 3.30. The van der Waals surface area contributed by atoms with Crippen molar-refractivity contribution < 1.29 is 13.9 Å². The van der Waals surface area contributed by atoms with E-state index in [1.54, 1.807) is 12.1 Å². The topological polar surface area (TPSA) is 54.5 Å². The lowest BCUT2D eigenvalue weighted by Crippen LogP contribution is -2.41. The number of rotatable bonds is 5. The number of amides is 1. The average Bonchev–Trinajstić information content (AvgIpc) is 2.63. The van der Waals surface area contributed by atoms with Crippen LogP contribution in [0.2, 0.25) is 0 Å². The summed E-state index contributed by atoms with van der Waals surface area (Å²) in [6, 6.07) is 10.2. The van der Waals surface area contributed by atoms with Crippen molar-refractivity contribution >= 4 is 17.3 Å². The van der Waals surface area contributed by atoms with E-state index >= 15 is 0 Å². The first-order chi connectivity index (χ1) is 12.5. The Labute approximate surface area is 153 Å². The smallest absolute Gasteiger partial charge is 0.248 e. The van der Waals surface area contributed by atoms with Crippen LogP contribution in [0, 0.1) is 12.7 Å². The average molecular weight is 357 g/mol. The Balaban J connectivity index is 1.76. The van der Waals surface area contributed by atoms with Crippen molar-refractivity contribution in [3.05, 3.63) is 53.6 Å². The van der Waals surface area contributed by atoms with E-state index in [9.17, 15) is 9.18 Å². The van der Waals surface area contributed by atoms with Gasteiger partial charge in [0.15, 0.2) is 0 Å². The minimum Gasteiger partial charge on any atom is -0.375 e. The van der Waals surface area contributed by atoms with Gasteiger partial charge in [0, 0.05) is 48.9 Å². The van der Waals surface area contributed by atoms with Crippen molar-refractivity contribution in [2.75, 3.05) is 32.1 Å². The van der Waals surface area contributed by atoms with Gasteiger partial charge in [-0.05, 0) is 56.2 Å². The largest absolute Gasteiger partial charge is 0.375 e. The van der Waals surface area contributed by atoms with Gasteiger partial charge in [-0.2, -0.15) is 0 Å². The predicted molar refractivity (Wildman–Crippen MR) is 99.1 cm³/mol. The molecule has 1 N–H and O–H groups in total. The highest BCUT2D eigenvalue weighted by atomic mass is 19.1. The molecule has 1 atom stereocenters. The van der Waals surface area contributed by atoms with Gasteiger partial charge in [0.2, 0.25) is 5.91 Å². The van der Waals surface area contributed by atoms with Crippen LogP contribution in [0.15, 0.2) is 36.4 Å². The molecule has 0 saturated carbocycles. The van der Waals surface area contributed by atoms with Crippen LogP contribution in [0.5, 0.6) is 0 Å². The molecule has 138 valence electrons. The highest BCUT2D eigenvalue weighted by Crippen LogP contribution is 2.29. The zero-order valence-corrected chi connectivity index (χ0v) is 15.2. The number of ether oxygens (including phenoxy) is 1. The molecule has 1 fully saturated rings. The lowest BCUT2D eigenvalue weighted by Gasteiger charge is -2.32. The van der Waals surface area contributed by atoms with Crippen LogP contribution >= 0.6 is 0 Å². The summed E-state index contributed by atoms with van der Waals surface area (Å²) in [6.45, 7) is 3.50. The van der Waals surface area contributed by atoms with E-state index < -0.39 is 0 Å². The first-order valence-electron chi connectivity index (χ1n) is 8.83. The van der Waals surface area contributed by atoms with Gasteiger partial charge in [-0.3, -0.25) is 9.78 Å². The van der Waals surface area contributed by atoms with E-state index in [1.807, 2.05) is 24.0 Å². The fourth-order valence-electron chi connectivity index (χ4n) is 3.34. The van der Waals surface area contributed by atoms with Crippen molar-refractivity contribution in [1.29, 1.82) is 0 Å². The second-order valence-electron chi connectivity index (χ2n) is 6.67. The molecule has 1 saturated heterocycles. The van der Waals surface area contributed by atoms with E-state index in [-0.39, 0.29) is 24.2 Å². The molecular formula is C20H24FN3O2. The predicted octanol–water partition coefficient (Wildman–Crippen LogP) is 3.63. The van der Waals surface area contributed by atoms with Crippen molar-refractivity contribution in [2.24, 2.45) is 0 Å². The first kappa shape index (κ1) is 18.3. The van der Waals surface area contributed by atoms with Gasteiger partial charge in [-0.15, -0.1) is 0 Å². The van der Waals surface area contributed by atoms with Gasteiger partial charge < -0.3 is 15.0 Å². The summed E-state index contributed by atoms with van der Waals surface area (Å²) in [4.78, 5) is 18.7. The quantitative estimate of drug-likeness (QED) is 0.888. The normalized spacial score (nSPS) is 17.2. The fraction of sp³-hybridized carbons (Fsp3) is 0.400. The van der Waals surface area contributed by atoms with Crippen molar-refractivity contribution in [3.63, 3.8) is 0 Å². The molecule has 1 aliphatic heterocycles. The molecule has 0 aliphatic carbocycles. The Morgan fingerprint density at radius 3 is 2.81 bits per heavy atom. The van der Waals surface area contributed by atoms with Crippen LogP contribution in [-0.4, -0.2) is 42.6 Å². The number of pyridine rings is 1. The van der Waals surface area contributed by atoms with Crippen LogP contribution in [0.25, 0.3) is 0 Å². The molecule has 1 unspecified atom stereocenters. The Kier molecular flexibility index (Phi) is 5.83. The van der Waals surface area contributed by atoms with E-state index in [2.05, 4.69) is 10.3 Å². The van der Waals surface area contributed by atoms with Crippen LogP contribution in [0.3, 0.4) is 0 Å². The summed E-state index contributed by atoms with van der Waals surface area (Å²) in [5.41, 5.74) is 3.62. The molecule has 0 radical (unpaired) electrons. The number of anilines is 2. The minimum atomic E-state index is -0.259. The summed E-state index contributed by atoms with van der Waals surface area (Å²) in [6.07, 6.45) is 1.96. The number of carbonyl (C=O) groups is 1. The number of methoxy groups -OCH3 is 1. The maximum atomic E-state index is 13.1. The van der Waals surface area contributed by atoms with E-state index in [0.29, 0.717) is 6.54 Å². The standard InChI is InChI=1S/C20H24FN3O2/c1-14-10-18(23-17-7-5-16(21)6-8-17)11-19(22-14)15-4-3-9-24(12-15)20(25)13-26-2/h5-8,10-11,15H,3-4,9,12-13H2,1-2H3,(H,22,23). The van der Waals surface area contributed by atoms with Gasteiger partial charge in [-0.1, -0.05) is 0 Å². The van der Waals surface area contributed by atoms with Gasteiger partial charge in [0.05, 0.1) is 0 Å². The SMILES string of the molecule is COCC(=O)N1CCCC(c2cc(Nc3ccc(F)cc3)cc(C)n2)C1.